The van der Waals surface area contributed by atoms with Gasteiger partial charge >= 0.3 is 0 Å². The van der Waals surface area contributed by atoms with Crippen molar-refractivity contribution in [2.24, 2.45) is 11.0 Å². The van der Waals surface area contributed by atoms with Gasteiger partial charge in [0.25, 0.3) is 0 Å². The maximum Gasteiger partial charge on any atom is 0.120 e. The summed E-state index contributed by atoms with van der Waals surface area (Å²) in [6.07, 6.45) is -0.319. The van der Waals surface area contributed by atoms with Crippen LogP contribution in [0, 0.1) is 11.4 Å². The molecule has 1 aliphatic rings. The van der Waals surface area contributed by atoms with Gasteiger partial charge < -0.3 is 5.11 Å². The summed E-state index contributed by atoms with van der Waals surface area (Å²) in [5, 5.41) is 12.9. The smallest absolute Gasteiger partial charge is 0.120 e. The first-order valence-corrected chi connectivity index (χ1v) is 4.62. The molecular weight excluding hydrogens is 160 g/mol. The van der Waals surface area contributed by atoms with Crippen molar-refractivity contribution >= 4 is 11.8 Å². The van der Waals surface area contributed by atoms with Crippen molar-refractivity contribution in [2.45, 2.75) is 37.0 Å². The third-order valence-electron chi connectivity index (χ3n) is 2.66. The Bertz CT molecular complexity index is 174. The number of thioether (sulfide) groups is 1. The first-order chi connectivity index (χ1) is 5.02. The van der Waals surface area contributed by atoms with Crippen LogP contribution < -0.4 is 0 Å². The molecule has 64 valence electrons. The molecule has 1 fully saturated rings. The van der Waals surface area contributed by atoms with E-state index in [1.807, 2.05) is 13.8 Å². The molecule has 1 rings (SSSR count). The predicted octanol–water partition coefficient (Wildman–Crippen LogP) is 1.87. The fraction of sp³-hybridized carbons (Fsp3) is 1.00. The van der Waals surface area contributed by atoms with E-state index < -0.39 is 0 Å². The van der Waals surface area contributed by atoms with Crippen molar-refractivity contribution in [3.8, 4) is 0 Å². The van der Waals surface area contributed by atoms with Gasteiger partial charge in [-0.25, -0.2) is 5.53 Å². The molecule has 1 saturated heterocycles. The molecule has 2 unspecified atom stereocenters. The number of rotatable bonds is 2. The Balaban J connectivity index is 2.60. The fourth-order valence-corrected chi connectivity index (χ4v) is 2.67. The van der Waals surface area contributed by atoms with Crippen molar-refractivity contribution < 1.29 is 5.11 Å². The van der Waals surface area contributed by atoms with Crippen LogP contribution in [-0.2, 0) is 0 Å². The van der Waals surface area contributed by atoms with Crippen molar-refractivity contribution in [3.63, 3.8) is 0 Å². The van der Waals surface area contributed by atoms with Gasteiger partial charge in [-0.3, -0.25) is 0 Å². The lowest BCUT2D eigenvalue weighted by atomic mass is 9.88. The molecule has 3 nitrogen and oxygen atoms in total. The average molecular weight is 174 g/mol. The molecule has 0 saturated carbocycles. The summed E-state index contributed by atoms with van der Waals surface area (Å²) in [4.78, 5) is 0. The molecule has 0 spiro atoms. The fourth-order valence-electron chi connectivity index (χ4n) is 1.30. The Morgan fingerprint density at radius 2 is 2.27 bits per heavy atom. The number of aliphatic hydroxyl groups excluding tert-OH is 1. The molecule has 0 aromatic heterocycles. The lowest BCUT2D eigenvalue weighted by Crippen LogP contribution is -2.53. The van der Waals surface area contributed by atoms with Crippen molar-refractivity contribution in [2.75, 3.05) is 0 Å². The third kappa shape index (κ3) is 1.18. The molecule has 1 aliphatic heterocycles. The van der Waals surface area contributed by atoms with E-state index in [0.29, 0.717) is 5.92 Å². The van der Waals surface area contributed by atoms with Gasteiger partial charge in [0, 0.05) is 10.7 Å². The molecule has 11 heavy (non-hydrogen) atoms. The zero-order chi connectivity index (χ0) is 8.65. The van der Waals surface area contributed by atoms with Gasteiger partial charge in [-0.05, 0) is 13.8 Å². The first-order valence-electron chi connectivity index (χ1n) is 3.75. The van der Waals surface area contributed by atoms with E-state index in [-0.39, 0.29) is 16.2 Å². The summed E-state index contributed by atoms with van der Waals surface area (Å²) in [5.41, 5.74) is 6.83. The molecule has 0 aromatic rings. The highest BCUT2D eigenvalue weighted by molar-refractivity contribution is 8.02. The zero-order valence-corrected chi connectivity index (χ0v) is 7.85. The van der Waals surface area contributed by atoms with Crippen LogP contribution >= 0.6 is 11.8 Å². The molecule has 0 aliphatic carbocycles. The second-order valence-corrected chi connectivity index (χ2v) is 4.88. The minimum atomic E-state index is -0.319. The second-order valence-electron chi connectivity index (χ2n) is 3.29. The number of nitrogens with one attached hydrogen (secondary N) is 1. The Kier molecular flexibility index (Phi) is 2.25. The van der Waals surface area contributed by atoms with E-state index in [1.165, 1.54) is 0 Å². The Morgan fingerprint density at radius 3 is 2.55 bits per heavy atom. The SMILES string of the molecule is CC1C(N=N)S[C@]1(C)[C@@H](C)O. The van der Waals surface area contributed by atoms with Crippen molar-refractivity contribution in [3.05, 3.63) is 0 Å². The lowest BCUT2D eigenvalue weighted by molar-refractivity contribution is 0.111. The number of hydrogen-bond acceptors (Lipinski definition) is 4. The highest BCUT2D eigenvalue weighted by atomic mass is 32.2. The number of nitrogens with zero attached hydrogens (tertiary/aromatic N) is 1. The Labute approximate surface area is 71.1 Å². The minimum Gasteiger partial charge on any atom is -0.392 e. The van der Waals surface area contributed by atoms with Crippen LogP contribution in [0.25, 0.3) is 0 Å². The maximum absolute atomic E-state index is 9.39. The summed E-state index contributed by atoms with van der Waals surface area (Å²) >= 11 is 1.59. The van der Waals surface area contributed by atoms with Gasteiger partial charge in [0.05, 0.1) is 6.10 Å². The van der Waals surface area contributed by atoms with Crippen LogP contribution in [-0.4, -0.2) is 21.3 Å². The van der Waals surface area contributed by atoms with E-state index in [2.05, 4.69) is 5.11 Å². The largest absolute Gasteiger partial charge is 0.392 e. The topological polar surface area (TPSA) is 56.4 Å². The van der Waals surface area contributed by atoms with Crippen LogP contribution in [0.4, 0.5) is 0 Å². The number of hydrogen-bond donors (Lipinski definition) is 2. The van der Waals surface area contributed by atoms with Gasteiger partial charge in [0.15, 0.2) is 0 Å². The Hall–Kier alpha value is -0.0900. The molecule has 2 N–H and O–H groups in total. The van der Waals surface area contributed by atoms with Gasteiger partial charge in [-0.1, -0.05) is 6.92 Å². The molecule has 0 aromatic carbocycles. The second kappa shape index (κ2) is 2.75. The summed E-state index contributed by atoms with van der Waals surface area (Å²) in [7, 11) is 0. The average Bonchev–Trinajstić information content (AvgIpc) is 1.98. The molecule has 0 radical (unpaired) electrons. The minimum absolute atomic E-state index is 0.0644. The third-order valence-corrected chi connectivity index (χ3v) is 4.64. The quantitative estimate of drug-likeness (QED) is 0.628. The summed E-state index contributed by atoms with van der Waals surface area (Å²) < 4.78 is -0.0881. The van der Waals surface area contributed by atoms with Crippen LogP contribution in [0.3, 0.4) is 0 Å². The van der Waals surface area contributed by atoms with Gasteiger partial charge in [0.2, 0.25) is 0 Å². The van der Waals surface area contributed by atoms with Gasteiger partial charge in [-0.15, -0.1) is 11.8 Å². The molecule has 0 bridgehead atoms. The monoisotopic (exact) mass is 174 g/mol. The molecule has 1 heterocycles. The van der Waals surface area contributed by atoms with E-state index >= 15 is 0 Å². The highest BCUT2D eigenvalue weighted by Crippen LogP contribution is 2.53. The summed E-state index contributed by atoms with van der Waals surface area (Å²) in [6, 6.07) is 0. The normalized spacial score (nSPS) is 46.2. The predicted molar refractivity (Wildman–Crippen MR) is 45.8 cm³/mol. The van der Waals surface area contributed by atoms with Crippen LogP contribution in [0.15, 0.2) is 5.11 Å². The maximum atomic E-state index is 9.39. The highest BCUT2D eigenvalue weighted by Gasteiger charge is 2.52. The number of aliphatic hydroxyl groups is 1. The molecule has 4 atom stereocenters. The molecule has 4 heteroatoms. The van der Waals surface area contributed by atoms with Crippen LogP contribution in [0.5, 0.6) is 0 Å². The van der Waals surface area contributed by atoms with Crippen LogP contribution in [0.1, 0.15) is 20.8 Å². The van der Waals surface area contributed by atoms with Crippen molar-refractivity contribution in [1.82, 2.24) is 0 Å². The van der Waals surface area contributed by atoms with E-state index in [1.54, 1.807) is 18.7 Å². The Morgan fingerprint density at radius 1 is 1.73 bits per heavy atom. The van der Waals surface area contributed by atoms with E-state index in [9.17, 15) is 5.11 Å². The van der Waals surface area contributed by atoms with E-state index in [0.717, 1.165) is 0 Å². The van der Waals surface area contributed by atoms with Gasteiger partial charge in [0.1, 0.15) is 5.37 Å². The molecule has 0 amide bonds. The zero-order valence-electron chi connectivity index (χ0n) is 7.03. The molecular formula is C7H14N2OS. The van der Waals surface area contributed by atoms with Gasteiger partial charge in [-0.2, -0.15) is 5.11 Å². The lowest BCUT2D eigenvalue weighted by Gasteiger charge is -2.50. The van der Waals surface area contributed by atoms with Crippen LogP contribution in [0.2, 0.25) is 0 Å². The first kappa shape index (κ1) is 9.00. The van der Waals surface area contributed by atoms with E-state index in [4.69, 9.17) is 5.53 Å². The standard InChI is InChI=1S/C7H14N2OS/c1-4-6(9-8)11-7(4,3)5(2)10/h4-6,8,10H,1-3H3/t4?,5-,6?,7+/m1/s1. The summed E-state index contributed by atoms with van der Waals surface area (Å²) in [6.45, 7) is 5.85. The summed E-state index contributed by atoms with van der Waals surface area (Å²) in [5.74, 6) is 0.310. The van der Waals surface area contributed by atoms with Crippen molar-refractivity contribution in [1.29, 1.82) is 5.53 Å².